The summed E-state index contributed by atoms with van der Waals surface area (Å²) in [5.41, 5.74) is 7.34. The molecule has 0 unspecified atom stereocenters. The Balaban J connectivity index is 1.89. The van der Waals surface area contributed by atoms with Crippen LogP contribution in [0.3, 0.4) is 0 Å². The Hall–Kier alpha value is -3.62. The average molecular weight is 452 g/mol. The van der Waals surface area contributed by atoms with Gasteiger partial charge in [-0.05, 0) is 70.1 Å². The largest absolute Gasteiger partial charge is 0.321 e. The van der Waals surface area contributed by atoms with Gasteiger partial charge >= 0.3 is 0 Å². The van der Waals surface area contributed by atoms with Gasteiger partial charge in [0.15, 0.2) is 0 Å². The monoisotopic (exact) mass is 451 g/mol. The molecule has 1 N–H and O–H groups in total. The molecule has 33 heavy (non-hydrogen) atoms. The maximum atomic E-state index is 13.1. The van der Waals surface area contributed by atoms with Crippen LogP contribution in [-0.4, -0.2) is 5.91 Å². The van der Waals surface area contributed by atoms with Crippen LogP contribution in [-0.2, 0) is 0 Å². The number of anilines is 1. The van der Waals surface area contributed by atoms with Crippen molar-refractivity contribution in [3.8, 4) is 11.1 Å². The van der Waals surface area contributed by atoms with Crippen LogP contribution in [0.1, 0.15) is 46.8 Å². The molecular weight excluding hydrogens is 426 g/mol. The molecule has 0 fully saturated rings. The van der Waals surface area contributed by atoms with Gasteiger partial charge in [0.05, 0.1) is 5.69 Å². The molecule has 4 aromatic rings. The fourth-order valence-electron chi connectivity index (χ4n) is 3.88. The molecule has 0 radical (unpaired) electrons. The summed E-state index contributed by atoms with van der Waals surface area (Å²) in [4.78, 5) is 13.1. The van der Waals surface area contributed by atoms with Crippen LogP contribution in [0.4, 0.5) is 5.69 Å². The summed E-state index contributed by atoms with van der Waals surface area (Å²) in [6, 6.07) is 31.4. The van der Waals surface area contributed by atoms with Crippen molar-refractivity contribution in [3.63, 3.8) is 0 Å². The number of hydrogen-bond acceptors (Lipinski definition) is 1. The molecule has 1 amide bonds. The number of carbonyl (C=O) groups excluding carboxylic acids is 1. The van der Waals surface area contributed by atoms with E-state index in [1.165, 1.54) is 0 Å². The molecule has 0 aliphatic carbocycles. The molecule has 0 atom stereocenters. The highest BCUT2D eigenvalue weighted by Crippen LogP contribution is 2.39. The highest BCUT2D eigenvalue weighted by molar-refractivity contribution is 6.30. The van der Waals surface area contributed by atoms with Gasteiger partial charge < -0.3 is 5.32 Å². The molecule has 0 aromatic heterocycles. The second-order valence-corrected chi connectivity index (χ2v) is 8.75. The smallest absolute Gasteiger partial charge is 0.255 e. The maximum Gasteiger partial charge on any atom is 0.255 e. The Labute approximate surface area is 200 Å². The minimum Gasteiger partial charge on any atom is -0.321 e. The van der Waals surface area contributed by atoms with Gasteiger partial charge in [0.2, 0.25) is 0 Å². The fraction of sp³-hybridized carbons (Fsp3) is 0.100. The van der Waals surface area contributed by atoms with Crippen LogP contribution in [0.15, 0.2) is 104 Å². The van der Waals surface area contributed by atoms with E-state index in [1.807, 2.05) is 72.8 Å². The predicted molar refractivity (Wildman–Crippen MR) is 140 cm³/mol. The van der Waals surface area contributed by atoms with E-state index in [0.717, 1.165) is 39.1 Å². The number of amides is 1. The lowest BCUT2D eigenvalue weighted by Crippen LogP contribution is -2.15. The quantitative estimate of drug-likeness (QED) is 0.313. The van der Waals surface area contributed by atoms with Gasteiger partial charge in [-0.15, -0.1) is 0 Å². The predicted octanol–water partition coefficient (Wildman–Crippen LogP) is 8.44. The van der Waals surface area contributed by atoms with E-state index in [1.54, 1.807) is 0 Å². The Kier molecular flexibility index (Phi) is 6.76. The van der Waals surface area contributed by atoms with Crippen LogP contribution in [0, 0.1) is 0 Å². The summed E-state index contributed by atoms with van der Waals surface area (Å²) in [6.45, 7) is 8.68. The standard InChI is InChI=1S/C30H26ClNO/c1-20(2)27-18-25(23-10-6-4-7-11-23)19-28(21(3)22-14-16-26(31)17-15-22)29(27)32-30(33)24-12-8-5-9-13-24/h4-20H,3H2,1-2H3,(H,32,33). The van der Waals surface area contributed by atoms with Gasteiger partial charge in [0, 0.05) is 16.1 Å². The van der Waals surface area contributed by atoms with Gasteiger partial charge in [0.1, 0.15) is 0 Å². The summed E-state index contributed by atoms with van der Waals surface area (Å²) in [6.07, 6.45) is 0. The lowest BCUT2D eigenvalue weighted by Gasteiger charge is -2.22. The molecule has 4 aromatic carbocycles. The molecule has 3 heteroatoms. The van der Waals surface area contributed by atoms with Crippen molar-refractivity contribution in [2.75, 3.05) is 5.32 Å². The Morgan fingerprint density at radius 3 is 2.00 bits per heavy atom. The molecule has 0 saturated carbocycles. The number of rotatable bonds is 6. The maximum absolute atomic E-state index is 13.1. The summed E-state index contributed by atoms with van der Waals surface area (Å²) in [5, 5.41) is 3.86. The number of carbonyl (C=O) groups is 1. The summed E-state index contributed by atoms with van der Waals surface area (Å²) >= 11 is 6.12. The number of benzene rings is 4. The first-order valence-electron chi connectivity index (χ1n) is 11.0. The highest BCUT2D eigenvalue weighted by atomic mass is 35.5. The van der Waals surface area contributed by atoms with Crippen LogP contribution >= 0.6 is 11.6 Å². The lowest BCUT2D eigenvalue weighted by molar-refractivity contribution is 0.102. The fourth-order valence-corrected chi connectivity index (χ4v) is 4.00. The van der Waals surface area contributed by atoms with Crippen molar-refractivity contribution in [2.24, 2.45) is 0 Å². The number of halogens is 1. The second kappa shape index (κ2) is 9.89. The highest BCUT2D eigenvalue weighted by Gasteiger charge is 2.20. The molecule has 0 aliphatic heterocycles. The SMILES string of the molecule is C=C(c1ccc(Cl)cc1)c1cc(-c2ccccc2)cc(C(C)C)c1NC(=O)c1ccccc1. The molecule has 0 spiro atoms. The normalized spacial score (nSPS) is 10.8. The molecule has 0 heterocycles. The Morgan fingerprint density at radius 1 is 0.788 bits per heavy atom. The molecule has 0 saturated heterocycles. The Bertz CT molecular complexity index is 1280. The third kappa shape index (κ3) is 5.08. The third-order valence-electron chi connectivity index (χ3n) is 5.69. The van der Waals surface area contributed by atoms with Gasteiger partial charge in [0.25, 0.3) is 5.91 Å². The molecule has 0 aliphatic rings. The zero-order chi connectivity index (χ0) is 23.4. The van der Waals surface area contributed by atoms with E-state index in [-0.39, 0.29) is 11.8 Å². The molecule has 0 bridgehead atoms. The van der Waals surface area contributed by atoms with Gasteiger partial charge in [-0.1, -0.05) is 92.7 Å². The van der Waals surface area contributed by atoms with E-state index in [0.29, 0.717) is 10.6 Å². The molecule has 4 rings (SSSR count). The molecule has 164 valence electrons. The first-order chi connectivity index (χ1) is 15.9. The van der Waals surface area contributed by atoms with E-state index in [2.05, 4.69) is 50.0 Å². The van der Waals surface area contributed by atoms with E-state index >= 15 is 0 Å². The number of nitrogens with one attached hydrogen (secondary N) is 1. The van der Waals surface area contributed by atoms with E-state index in [9.17, 15) is 4.79 Å². The summed E-state index contributed by atoms with van der Waals surface area (Å²) in [5.74, 6) is 0.0478. The number of hydrogen-bond donors (Lipinski definition) is 1. The average Bonchev–Trinajstić information content (AvgIpc) is 2.85. The van der Waals surface area contributed by atoms with E-state index < -0.39 is 0 Å². The zero-order valence-electron chi connectivity index (χ0n) is 18.8. The summed E-state index contributed by atoms with van der Waals surface area (Å²) < 4.78 is 0. The molecular formula is C30H26ClNO. The first kappa shape index (κ1) is 22.6. The van der Waals surface area contributed by atoms with Crippen LogP contribution < -0.4 is 5.32 Å². The van der Waals surface area contributed by atoms with E-state index in [4.69, 9.17) is 11.6 Å². The lowest BCUT2D eigenvalue weighted by atomic mass is 9.88. The summed E-state index contributed by atoms with van der Waals surface area (Å²) in [7, 11) is 0. The third-order valence-corrected chi connectivity index (χ3v) is 5.94. The van der Waals surface area contributed by atoms with Crippen molar-refractivity contribution in [1.29, 1.82) is 0 Å². The topological polar surface area (TPSA) is 29.1 Å². The molecule has 2 nitrogen and oxygen atoms in total. The van der Waals surface area contributed by atoms with Crippen LogP contribution in [0.2, 0.25) is 5.02 Å². The van der Waals surface area contributed by atoms with Gasteiger partial charge in [-0.2, -0.15) is 0 Å². The van der Waals surface area contributed by atoms with Crippen molar-refractivity contribution in [1.82, 2.24) is 0 Å². The minimum atomic E-state index is -0.143. The second-order valence-electron chi connectivity index (χ2n) is 8.31. The van der Waals surface area contributed by atoms with Gasteiger partial charge in [-0.3, -0.25) is 4.79 Å². The van der Waals surface area contributed by atoms with Crippen molar-refractivity contribution >= 4 is 28.8 Å². The van der Waals surface area contributed by atoms with Crippen LogP contribution in [0.5, 0.6) is 0 Å². The van der Waals surface area contributed by atoms with Crippen molar-refractivity contribution in [2.45, 2.75) is 19.8 Å². The Morgan fingerprint density at radius 2 is 1.39 bits per heavy atom. The van der Waals surface area contributed by atoms with Crippen LogP contribution in [0.25, 0.3) is 16.7 Å². The van der Waals surface area contributed by atoms with Gasteiger partial charge in [-0.25, -0.2) is 0 Å². The van der Waals surface area contributed by atoms with Crippen molar-refractivity contribution in [3.05, 3.63) is 131 Å². The van der Waals surface area contributed by atoms with Crippen molar-refractivity contribution < 1.29 is 4.79 Å². The first-order valence-corrected chi connectivity index (χ1v) is 11.4. The zero-order valence-corrected chi connectivity index (χ0v) is 19.6. The minimum absolute atomic E-state index is 0.143.